The van der Waals surface area contributed by atoms with Crippen LogP contribution in [0.1, 0.15) is 11.1 Å². The predicted octanol–water partition coefficient (Wildman–Crippen LogP) is 3.25. The maximum atomic E-state index is 5.44. The van der Waals surface area contributed by atoms with Crippen LogP contribution in [-0.4, -0.2) is 12.8 Å². The Morgan fingerprint density at radius 2 is 1.80 bits per heavy atom. The van der Waals surface area contributed by atoms with Crippen molar-refractivity contribution in [2.75, 3.05) is 7.11 Å². The van der Waals surface area contributed by atoms with Gasteiger partial charge in [0.15, 0.2) is 5.71 Å². The van der Waals surface area contributed by atoms with Crippen LogP contribution in [0.3, 0.4) is 0 Å². The molecule has 0 spiro atoms. The summed E-state index contributed by atoms with van der Waals surface area (Å²) in [6.07, 6.45) is 5.44. The van der Waals surface area contributed by atoms with Gasteiger partial charge in [-0.05, 0) is 23.6 Å². The van der Waals surface area contributed by atoms with Gasteiger partial charge in [-0.1, -0.05) is 47.6 Å². The molecule has 0 bridgehead atoms. The maximum Gasteiger partial charge on any atom is 0.159 e. The molecule has 20 heavy (non-hydrogen) atoms. The first-order valence-electron chi connectivity index (χ1n) is 6.18. The molecule has 0 heterocycles. The quantitative estimate of drug-likeness (QED) is 0.472. The maximum absolute atomic E-state index is 5.44. The Morgan fingerprint density at radius 3 is 2.40 bits per heavy atom. The Morgan fingerprint density at radius 1 is 1.10 bits per heavy atom. The van der Waals surface area contributed by atoms with Crippen LogP contribution in [0.15, 0.2) is 59.8 Å². The van der Waals surface area contributed by atoms with E-state index in [0.29, 0.717) is 12.3 Å². The van der Waals surface area contributed by atoms with E-state index in [0.717, 1.165) is 16.9 Å². The molecule has 0 saturated heterocycles. The summed E-state index contributed by atoms with van der Waals surface area (Å²) in [6.45, 7) is 0.363. The van der Waals surface area contributed by atoms with Crippen LogP contribution < -0.4 is 4.74 Å². The van der Waals surface area contributed by atoms with Crippen molar-refractivity contribution in [3.63, 3.8) is 0 Å². The van der Waals surface area contributed by atoms with Crippen LogP contribution in [0, 0.1) is 12.3 Å². The summed E-state index contributed by atoms with van der Waals surface area (Å²) in [5.74, 6) is 3.34. The molecule has 0 aliphatic rings. The third-order valence-electron chi connectivity index (χ3n) is 2.73. The lowest BCUT2D eigenvalue weighted by molar-refractivity contribution is 0.131. The number of hydrogen-bond donors (Lipinski definition) is 0. The van der Waals surface area contributed by atoms with E-state index in [9.17, 15) is 0 Å². The first kappa shape index (κ1) is 13.7. The van der Waals surface area contributed by atoms with Crippen molar-refractivity contribution >= 4 is 5.71 Å². The molecule has 2 rings (SSSR count). The number of oxime groups is 1. The molecule has 0 unspecified atom stereocenters. The summed E-state index contributed by atoms with van der Waals surface area (Å²) < 4.78 is 5.09. The fraction of sp³-hybridized carbons (Fsp3) is 0.118. The Kier molecular flexibility index (Phi) is 4.80. The molecular formula is C17H15NO2. The van der Waals surface area contributed by atoms with E-state index in [4.69, 9.17) is 16.0 Å². The van der Waals surface area contributed by atoms with Gasteiger partial charge in [0.1, 0.15) is 12.4 Å². The number of nitrogens with zero attached hydrogens (tertiary/aromatic N) is 1. The fourth-order valence-electron chi connectivity index (χ4n) is 1.65. The molecule has 2 aromatic rings. The van der Waals surface area contributed by atoms with Gasteiger partial charge in [-0.25, -0.2) is 0 Å². The second-order valence-electron chi connectivity index (χ2n) is 4.07. The molecule has 0 aromatic heterocycles. The van der Waals surface area contributed by atoms with E-state index < -0.39 is 0 Å². The average Bonchev–Trinajstić information content (AvgIpc) is 2.53. The minimum absolute atomic E-state index is 0.363. The van der Waals surface area contributed by atoms with E-state index in [2.05, 4.69) is 11.1 Å². The molecule has 0 N–H and O–H groups in total. The summed E-state index contributed by atoms with van der Waals surface area (Å²) in [5, 5.41) is 4.00. The topological polar surface area (TPSA) is 30.8 Å². The first-order valence-corrected chi connectivity index (χ1v) is 6.18. The first-order chi connectivity index (χ1) is 9.83. The van der Waals surface area contributed by atoms with Crippen molar-refractivity contribution in [2.45, 2.75) is 6.61 Å². The van der Waals surface area contributed by atoms with Gasteiger partial charge in [-0.3, -0.25) is 0 Å². The van der Waals surface area contributed by atoms with Crippen LogP contribution in [0.2, 0.25) is 0 Å². The second kappa shape index (κ2) is 7.01. The Balaban J connectivity index is 1.99. The zero-order valence-electron chi connectivity index (χ0n) is 11.2. The molecule has 0 atom stereocenters. The minimum atomic E-state index is 0.363. The molecule has 2 aromatic carbocycles. The highest BCUT2D eigenvalue weighted by Crippen LogP contribution is 2.12. The zero-order chi connectivity index (χ0) is 14.2. The highest BCUT2D eigenvalue weighted by atomic mass is 16.6. The summed E-state index contributed by atoms with van der Waals surface area (Å²) in [7, 11) is 1.63. The number of rotatable bonds is 5. The van der Waals surface area contributed by atoms with Crippen molar-refractivity contribution < 1.29 is 9.57 Å². The van der Waals surface area contributed by atoms with Gasteiger partial charge in [0.05, 0.1) is 7.11 Å². The Hall–Kier alpha value is -2.73. The average molecular weight is 265 g/mol. The lowest BCUT2D eigenvalue weighted by Gasteiger charge is -2.03. The van der Waals surface area contributed by atoms with Crippen LogP contribution in [-0.2, 0) is 11.4 Å². The molecule has 3 heteroatoms. The van der Waals surface area contributed by atoms with Crippen molar-refractivity contribution in [2.24, 2.45) is 5.16 Å². The molecule has 0 amide bonds. The largest absolute Gasteiger partial charge is 0.497 e. The predicted molar refractivity (Wildman–Crippen MR) is 79.6 cm³/mol. The summed E-state index contributed by atoms with van der Waals surface area (Å²) in [5.41, 5.74) is 2.35. The lowest BCUT2D eigenvalue weighted by atomic mass is 10.1. The molecule has 0 saturated carbocycles. The summed E-state index contributed by atoms with van der Waals surface area (Å²) >= 11 is 0. The third-order valence-corrected chi connectivity index (χ3v) is 2.73. The number of hydrogen-bond acceptors (Lipinski definition) is 3. The monoisotopic (exact) mass is 265 g/mol. The molecule has 3 nitrogen and oxygen atoms in total. The van der Waals surface area contributed by atoms with Gasteiger partial charge in [-0.15, -0.1) is 6.42 Å². The van der Waals surface area contributed by atoms with Crippen LogP contribution in [0.5, 0.6) is 5.75 Å². The van der Waals surface area contributed by atoms with E-state index in [1.807, 2.05) is 54.6 Å². The SMILES string of the molecule is C#C/C(=N\OCc1ccc(OC)cc1)c1ccccc1. The minimum Gasteiger partial charge on any atom is -0.497 e. The number of methoxy groups -OCH3 is 1. The second-order valence-corrected chi connectivity index (χ2v) is 4.07. The Bertz CT molecular complexity index is 610. The number of benzene rings is 2. The van der Waals surface area contributed by atoms with Gasteiger partial charge in [0, 0.05) is 5.56 Å². The van der Waals surface area contributed by atoms with Gasteiger partial charge >= 0.3 is 0 Å². The molecule has 100 valence electrons. The van der Waals surface area contributed by atoms with E-state index in [1.54, 1.807) is 7.11 Å². The van der Waals surface area contributed by atoms with Gasteiger partial charge in [0.25, 0.3) is 0 Å². The standard InChI is InChI=1S/C17H15NO2/c1-3-17(15-7-5-4-6-8-15)18-20-13-14-9-11-16(19-2)12-10-14/h1,4-12H,13H2,2H3/b18-17+. The van der Waals surface area contributed by atoms with Crippen LogP contribution in [0.25, 0.3) is 0 Å². The highest BCUT2D eigenvalue weighted by Gasteiger charge is 2.00. The van der Waals surface area contributed by atoms with Crippen molar-refractivity contribution in [3.05, 3.63) is 65.7 Å². The molecule has 0 radical (unpaired) electrons. The van der Waals surface area contributed by atoms with Crippen molar-refractivity contribution in [3.8, 4) is 18.1 Å². The van der Waals surface area contributed by atoms with E-state index in [-0.39, 0.29) is 0 Å². The lowest BCUT2D eigenvalue weighted by Crippen LogP contribution is -1.98. The van der Waals surface area contributed by atoms with E-state index in [1.165, 1.54) is 0 Å². The van der Waals surface area contributed by atoms with Crippen LogP contribution >= 0.6 is 0 Å². The van der Waals surface area contributed by atoms with Gasteiger partial charge < -0.3 is 9.57 Å². The smallest absolute Gasteiger partial charge is 0.159 e. The number of ether oxygens (including phenoxy) is 1. The molecule has 0 aliphatic carbocycles. The number of terminal acetylenes is 1. The van der Waals surface area contributed by atoms with Crippen molar-refractivity contribution in [1.82, 2.24) is 0 Å². The van der Waals surface area contributed by atoms with E-state index >= 15 is 0 Å². The normalized spacial score (nSPS) is 10.7. The van der Waals surface area contributed by atoms with Crippen LogP contribution in [0.4, 0.5) is 0 Å². The summed E-state index contributed by atoms with van der Waals surface area (Å²) in [4.78, 5) is 5.31. The Labute approximate surface area is 118 Å². The molecular weight excluding hydrogens is 250 g/mol. The highest BCUT2D eigenvalue weighted by molar-refractivity contribution is 6.12. The third kappa shape index (κ3) is 3.63. The molecule has 0 fully saturated rings. The van der Waals surface area contributed by atoms with Gasteiger partial charge in [-0.2, -0.15) is 0 Å². The fourth-order valence-corrected chi connectivity index (χ4v) is 1.65. The van der Waals surface area contributed by atoms with Gasteiger partial charge in [0.2, 0.25) is 0 Å². The van der Waals surface area contributed by atoms with Crippen molar-refractivity contribution in [1.29, 1.82) is 0 Å². The molecule has 0 aliphatic heterocycles. The zero-order valence-corrected chi connectivity index (χ0v) is 11.2. The summed E-state index contributed by atoms with van der Waals surface area (Å²) in [6, 6.07) is 17.1.